The number of halogens is 1. The molecule has 1 rings (SSSR count). The molecule has 0 fully saturated rings. The van der Waals surface area contributed by atoms with Gasteiger partial charge in [-0.2, -0.15) is 0 Å². The van der Waals surface area contributed by atoms with E-state index in [0.717, 1.165) is 23.5 Å². The van der Waals surface area contributed by atoms with E-state index in [4.69, 9.17) is 15.2 Å². The number of methoxy groups -OCH3 is 2. The molecule has 0 saturated heterocycles. The summed E-state index contributed by atoms with van der Waals surface area (Å²) in [6.45, 7) is 4.31. The fraction of sp³-hybridized carbons (Fsp3) is 0.538. The van der Waals surface area contributed by atoms with Gasteiger partial charge in [0.15, 0.2) is 0 Å². The maximum absolute atomic E-state index is 6.19. The molecule has 1 aromatic carbocycles. The maximum atomic E-state index is 6.19. The van der Waals surface area contributed by atoms with Crippen LogP contribution in [0.2, 0.25) is 0 Å². The molecule has 0 bridgehead atoms. The molecule has 0 radical (unpaired) electrons. The van der Waals surface area contributed by atoms with E-state index < -0.39 is 0 Å². The topological polar surface area (TPSA) is 44.5 Å². The van der Waals surface area contributed by atoms with Crippen molar-refractivity contribution < 1.29 is 9.47 Å². The maximum Gasteiger partial charge on any atom is 0.127 e. The van der Waals surface area contributed by atoms with E-state index in [1.807, 2.05) is 18.2 Å². The van der Waals surface area contributed by atoms with Crippen molar-refractivity contribution in [3.05, 3.63) is 23.8 Å². The minimum Gasteiger partial charge on any atom is -0.496 e. The summed E-state index contributed by atoms with van der Waals surface area (Å²) in [7, 11) is 3.31. The van der Waals surface area contributed by atoms with Crippen molar-refractivity contribution >= 4 is 12.4 Å². The molecule has 0 saturated carbocycles. The molecule has 0 aliphatic rings. The van der Waals surface area contributed by atoms with Crippen molar-refractivity contribution in [3.63, 3.8) is 0 Å². The highest BCUT2D eigenvalue weighted by Gasteiger charge is 2.18. The highest BCUT2D eigenvalue weighted by molar-refractivity contribution is 5.85. The Morgan fingerprint density at radius 2 is 1.59 bits per heavy atom. The first-order chi connectivity index (χ1) is 7.60. The SMILES string of the molecule is COc1cccc(OC)c1[C@@H](N)CC(C)C.Cl. The summed E-state index contributed by atoms with van der Waals surface area (Å²) in [4.78, 5) is 0. The molecule has 2 N–H and O–H groups in total. The van der Waals surface area contributed by atoms with Gasteiger partial charge in [0.25, 0.3) is 0 Å². The van der Waals surface area contributed by atoms with E-state index in [-0.39, 0.29) is 18.4 Å². The molecule has 0 heterocycles. The fourth-order valence-corrected chi connectivity index (χ4v) is 1.87. The van der Waals surface area contributed by atoms with Crippen molar-refractivity contribution in [1.29, 1.82) is 0 Å². The van der Waals surface area contributed by atoms with Crippen LogP contribution in [0.5, 0.6) is 11.5 Å². The van der Waals surface area contributed by atoms with Crippen LogP contribution in [0, 0.1) is 5.92 Å². The van der Waals surface area contributed by atoms with Crippen LogP contribution in [-0.4, -0.2) is 14.2 Å². The molecule has 17 heavy (non-hydrogen) atoms. The Balaban J connectivity index is 0.00000256. The van der Waals surface area contributed by atoms with Crippen LogP contribution >= 0.6 is 12.4 Å². The zero-order valence-electron chi connectivity index (χ0n) is 10.9. The summed E-state index contributed by atoms with van der Waals surface area (Å²) in [5, 5.41) is 0. The van der Waals surface area contributed by atoms with E-state index in [0.29, 0.717) is 5.92 Å². The molecule has 0 amide bonds. The third-order valence-corrected chi connectivity index (χ3v) is 2.56. The molecular formula is C13H22ClNO2. The minimum absolute atomic E-state index is 0. The number of nitrogens with two attached hydrogens (primary N) is 1. The second kappa shape index (κ2) is 7.41. The Morgan fingerprint density at radius 3 is 1.94 bits per heavy atom. The van der Waals surface area contributed by atoms with Crippen LogP contribution in [0.1, 0.15) is 31.9 Å². The zero-order chi connectivity index (χ0) is 12.1. The summed E-state index contributed by atoms with van der Waals surface area (Å²) in [5.41, 5.74) is 7.15. The lowest BCUT2D eigenvalue weighted by molar-refractivity contribution is 0.371. The highest BCUT2D eigenvalue weighted by atomic mass is 35.5. The van der Waals surface area contributed by atoms with Gasteiger partial charge >= 0.3 is 0 Å². The van der Waals surface area contributed by atoms with Crippen LogP contribution in [0.25, 0.3) is 0 Å². The predicted octanol–water partition coefficient (Wildman–Crippen LogP) is 3.17. The first-order valence-corrected chi connectivity index (χ1v) is 5.56. The van der Waals surface area contributed by atoms with E-state index in [9.17, 15) is 0 Å². The van der Waals surface area contributed by atoms with Crippen LogP contribution in [0.15, 0.2) is 18.2 Å². The Morgan fingerprint density at radius 1 is 1.12 bits per heavy atom. The number of benzene rings is 1. The van der Waals surface area contributed by atoms with Gasteiger partial charge in [-0.25, -0.2) is 0 Å². The number of rotatable bonds is 5. The van der Waals surface area contributed by atoms with Gasteiger partial charge in [0.1, 0.15) is 11.5 Å². The van der Waals surface area contributed by atoms with E-state index in [2.05, 4.69) is 13.8 Å². The molecule has 0 unspecified atom stereocenters. The standard InChI is InChI=1S/C13H21NO2.ClH/c1-9(2)8-10(14)13-11(15-3)6-5-7-12(13)16-4;/h5-7,9-10H,8,14H2,1-4H3;1H/t10-;/m0./s1. The number of ether oxygens (including phenoxy) is 2. The average molecular weight is 260 g/mol. The summed E-state index contributed by atoms with van der Waals surface area (Å²) in [5.74, 6) is 2.14. The van der Waals surface area contributed by atoms with E-state index in [1.54, 1.807) is 14.2 Å². The molecule has 0 aliphatic carbocycles. The first-order valence-electron chi connectivity index (χ1n) is 5.56. The highest BCUT2D eigenvalue weighted by Crippen LogP contribution is 2.35. The lowest BCUT2D eigenvalue weighted by Crippen LogP contribution is -2.15. The molecule has 4 heteroatoms. The van der Waals surface area contributed by atoms with Crippen molar-refractivity contribution in [2.45, 2.75) is 26.3 Å². The van der Waals surface area contributed by atoms with Gasteiger partial charge in [0.05, 0.1) is 19.8 Å². The van der Waals surface area contributed by atoms with Gasteiger partial charge in [-0.15, -0.1) is 12.4 Å². The number of hydrogen-bond acceptors (Lipinski definition) is 3. The summed E-state index contributed by atoms with van der Waals surface area (Å²) in [6, 6.07) is 5.69. The van der Waals surface area contributed by atoms with Crippen LogP contribution in [0.3, 0.4) is 0 Å². The normalized spacial score (nSPS) is 11.9. The van der Waals surface area contributed by atoms with Gasteiger partial charge in [-0.3, -0.25) is 0 Å². The Kier molecular flexibility index (Phi) is 7.00. The quantitative estimate of drug-likeness (QED) is 0.883. The minimum atomic E-state index is -0.0499. The lowest BCUT2D eigenvalue weighted by atomic mass is 9.96. The second-order valence-corrected chi connectivity index (χ2v) is 4.31. The van der Waals surface area contributed by atoms with Crippen molar-refractivity contribution in [2.75, 3.05) is 14.2 Å². The third-order valence-electron chi connectivity index (χ3n) is 2.56. The molecule has 0 aliphatic heterocycles. The predicted molar refractivity (Wildman–Crippen MR) is 73.2 cm³/mol. The number of hydrogen-bond donors (Lipinski definition) is 1. The lowest BCUT2D eigenvalue weighted by Gasteiger charge is -2.20. The Bertz CT molecular complexity index is 320. The monoisotopic (exact) mass is 259 g/mol. The summed E-state index contributed by atoms with van der Waals surface area (Å²) < 4.78 is 10.7. The van der Waals surface area contributed by atoms with Crippen molar-refractivity contribution in [2.24, 2.45) is 11.7 Å². The molecular weight excluding hydrogens is 238 g/mol. The van der Waals surface area contributed by atoms with Gasteiger partial charge in [-0.1, -0.05) is 19.9 Å². The summed E-state index contributed by atoms with van der Waals surface area (Å²) in [6.07, 6.45) is 0.913. The molecule has 1 atom stereocenters. The second-order valence-electron chi connectivity index (χ2n) is 4.31. The smallest absolute Gasteiger partial charge is 0.127 e. The van der Waals surface area contributed by atoms with Crippen molar-refractivity contribution in [3.8, 4) is 11.5 Å². The fourth-order valence-electron chi connectivity index (χ4n) is 1.87. The Hall–Kier alpha value is -0.930. The molecule has 3 nitrogen and oxygen atoms in total. The third kappa shape index (κ3) is 4.10. The van der Waals surface area contributed by atoms with Crippen LogP contribution < -0.4 is 15.2 Å². The summed E-state index contributed by atoms with van der Waals surface area (Å²) >= 11 is 0. The van der Waals surface area contributed by atoms with E-state index in [1.165, 1.54) is 0 Å². The molecule has 0 spiro atoms. The Labute approximate surface area is 110 Å². The molecule has 1 aromatic rings. The van der Waals surface area contributed by atoms with E-state index >= 15 is 0 Å². The van der Waals surface area contributed by atoms with Crippen molar-refractivity contribution in [1.82, 2.24) is 0 Å². The van der Waals surface area contributed by atoms with Gasteiger partial charge in [0.2, 0.25) is 0 Å². The van der Waals surface area contributed by atoms with Gasteiger partial charge < -0.3 is 15.2 Å². The zero-order valence-corrected chi connectivity index (χ0v) is 11.7. The molecule has 98 valence electrons. The largest absolute Gasteiger partial charge is 0.496 e. The van der Waals surface area contributed by atoms with Gasteiger partial charge in [0, 0.05) is 6.04 Å². The van der Waals surface area contributed by atoms with Crippen LogP contribution in [0.4, 0.5) is 0 Å². The first kappa shape index (κ1) is 16.1. The van der Waals surface area contributed by atoms with Gasteiger partial charge in [-0.05, 0) is 24.5 Å². The van der Waals surface area contributed by atoms with Crippen LogP contribution in [-0.2, 0) is 0 Å². The molecule has 0 aromatic heterocycles. The average Bonchev–Trinajstić information content (AvgIpc) is 2.26.